The van der Waals surface area contributed by atoms with Crippen LogP contribution >= 0.6 is 23.3 Å². The molecule has 0 aliphatic rings. The zero-order valence-electron chi connectivity index (χ0n) is 9.70. The fourth-order valence-electron chi connectivity index (χ4n) is 1.20. The molecule has 0 fully saturated rings. The topological polar surface area (TPSA) is 51.2 Å². The fraction of sp³-hybridized carbons (Fsp3) is 0.600. The third-order valence-electron chi connectivity index (χ3n) is 1.93. The van der Waals surface area contributed by atoms with Gasteiger partial charge in [0.05, 0.1) is 12.3 Å². The largest absolute Gasteiger partial charge is 0.462 e. The number of nitrogens with zero attached hydrogens (tertiary/aromatic N) is 1. The molecule has 1 aromatic rings. The third-order valence-corrected chi connectivity index (χ3v) is 3.44. The molecular weight excluding hydrogens is 244 g/mol. The fourth-order valence-corrected chi connectivity index (χ4v) is 2.32. The Morgan fingerprint density at radius 2 is 2.38 bits per heavy atom. The minimum atomic E-state index is -0.291. The van der Waals surface area contributed by atoms with Gasteiger partial charge in [-0.2, -0.15) is 16.1 Å². The van der Waals surface area contributed by atoms with Crippen LogP contribution < -0.4 is 5.32 Å². The number of rotatable bonds is 6. The third kappa shape index (κ3) is 3.38. The standard InChI is InChI=1S/C10H16N2O2S2/c1-4-14-10(13)8-7(2)12-16-9(8)11-5-6-15-3/h11H,4-6H2,1-3H3. The molecule has 1 rings (SSSR count). The van der Waals surface area contributed by atoms with Crippen molar-refractivity contribution < 1.29 is 9.53 Å². The summed E-state index contributed by atoms with van der Waals surface area (Å²) in [6, 6.07) is 0. The summed E-state index contributed by atoms with van der Waals surface area (Å²) in [6.07, 6.45) is 2.05. The molecule has 0 atom stereocenters. The van der Waals surface area contributed by atoms with Crippen molar-refractivity contribution in [2.75, 3.05) is 30.5 Å². The molecule has 90 valence electrons. The summed E-state index contributed by atoms with van der Waals surface area (Å²) in [4.78, 5) is 11.7. The van der Waals surface area contributed by atoms with Crippen LogP contribution in [0.1, 0.15) is 23.0 Å². The van der Waals surface area contributed by atoms with Crippen molar-refractivity contribution >= 4 is 34.3 Å². The average molecular weight is 260 g/mol. The highest BCUT2D eigenvalue weighted by Crippen LogP contribution is 2.25. The Kier molecular flexibility index (Phi) is 5.62. The van der Waals surface area contributed by atoms with Crippen molar-refractivity contribution in [2.24, 2.45) is 0 Å². The van der Waals surface area contributed by atoms with Gasteiger partial charge in [0.25, 0.3) is 0 Å². The van der Waals surface area contributed by atoms with E-state index in [4.69, 9.17) is 4.74 Å². The molecule has 0 saturated heterocycles. The van der Waals surface area contributed by atoms with Crippen LogP contribution in [0.25, 0.3) is 0 Å². The second-order valence-corrected chi connectivity index (χ2v) is 4.87. The lowest BCUT2D eigenvalue weighted by molar-refractivity contribution is 0.0527. The van der Waals surface area contributed by atoms with Crippen LogP contribution in [0.4, 0.5) is 5.00 Å². The number of aryl methyl sites for hydroxylation is 1. The minimum absolute atomic E-state index is 0.291. The Balaban J connectivity index is 2.73. The van der Waals surface area contributed by atoms with Gasteiger partial charge >= 0.3 is 5.97 Å². The number of nitrogens with one attached hydrogen (secondary N) is 1. The van der Waals surface area contributed by atoms with Crippen LogP contribution in [-0.4, -0.2) is 35.5 Å². The molecule has 0 aliphatic carbocycles. The number of esters is 1. The Labute approximate surface area is 104 Å². The van der Waals surface area contributed by atoms with Crippen molar-refractivity contribution in [3.05, 3.63) is 11.3 Å². The van der Waals surface area contributed by atoms with Gasteiger partial charge in [0.1, 0.15) is 10.6 Å². The van der Waals surface area contributed by atoms with Gasteiger partial charge in [-0.15, -0.1) is 0 Å². The number of hydrogen-bond acceptors (Lipinski definition) is 6. The maximum Gasteiger partial charge on any atom is 0.343 e. The van der Waals surface area contributed by atoms with Crippen LogP contribution in [0.2, 0.25) is 0 Å². The van der Waals surface area contributed by atoms with Crippen LogP contribution in [0.3, 0.4) is 0 Å². The highest BCUT2D eigenvalue weighted by atomic mass is 32.2. The molecular formula is C10H16N2O2S2. The van der Waals surface area contributed by atoms with E-state index in [1.54, 1.807) is 18.7 Å². The molecule has 1 heterocycles. The van der Waals surface area contributed by atoms with E-state index < -0.39 is 0 Å². The second kappa shape index (κ2) is 6.75. The number of ether oxygens (including phenoxy) is 1. The zero-order chi connectivity index (χ0) is 12.0. The summed E-state index contributed by atoms with van der Waals surface area (Å²) in [5, 5.41) is 4.02. The molecule has 6 heteroatoms. The van der Waals surface area contributed by atoms with Gasteiger partial charge < -0.3 is 10.1 Å². The van der Waals surface area contributed by atoms with Crippen molar-refractivity contribution in [2.45, 2.75) is 13.8 Å². The molecule has 0 spiro atoms. The summed E-state index contributed by atoms with van der Waals surface area (Å²) in [5.74, 6) is 0.708. The lowest BCUT2D eigenvalue weighted by Gasteiger charge is -2.05. The average Bonchev–Trinajstić information content (AvgIpc) is 2.61. The first-order chi connectivity index (χ1) is 7.70. The number of thioether (sulfide) groups is 1. The van der Waals surface area contributed by atoms with E-state index in [-0.39, 0.29) is 5.97 Å². The predicted octanol–water partition coefficient (Wildman–Crippen LogP) is 2.40. The van der Waals surface area contributed by atoms with E-state index in [2.05, 4.69) is 9.69 Å². The quantitative estimate of drug-likeness (QED) is 0.629. The van der Waals surface area contributed by atoms with Crippen LogP contribution in [-0.2, 0) is 4.74 Å². The van der Waals surface area contributed by atoms with Gasteiger partial charge in [-0.3, -0.25) is 0 Å². The smallest absolute Gasteiger partial charge is 0.343 e. The summed E-state index contributed by atoms with van der Waals surface area (Å²) in [7, 11) is 0. The van der Waals surface area contributed by atoms with Crippen LogP contribution in [0.15, 0.2) is 0 Å². The molecule has 0 bridgehead atoms. The summed E-state index contributed by atoms with van der Waals surface area (Å²) in [6.45, 7) is 4.84. The first kappa shape index (κ1) is 13.3. The van der Waals surface area contributed by atoms with Gasteiger partial charge in [0, 0.05) is 12.3 Å². The van der Waals surface area contributed by atoms with Crippen molar-refractivity contribution in [1.82, 2.24) is 4.37 Å². The van der Waals surface area contributed by atoms with E-state index in [1.165, 1.54) is 11.5 Å². The highest BCUT2D eigenvalue weighted by molar-refractivity contribution is 7.98. The zero-order valence-corrected chi connectivity index (χ0v) is 11.3. The molecule has 1 aromatic heterocycles. The van der Waals surface area contributed by atoms with E-state index in [0.29, 0.717) is 12.2 Å². The first-order valence-corrected chi connectivity index (χ1v) is 7.23. The number of carbonyl (C=O) groups excluding carboxylic acids is 1. The van der Waals surface area contributed by atoms with Gasteiger partial charge in [0.2, 0.25) is 0 Å². The van der Waals surface area contributed by atoms with E-state index in [1.807, 2.05) is 13.2 Å². The van der Waals surface area contributed by atoms with Crippen LogP contribution in [0.5, 0.6) is 0 Å². The van der Waals surface area contributed by atoms with Gasteiger partial charge in [0.15, 0.2) is 0 Å². The molecule has 0 saturated carbocycles. The lowest BCUT2D eigenvalue weighted by Crippen LogP contribution is -2.10. The number of anilines is 1. The Morgan fingerprint density at radius 3 is 3.00 bits per heavy atom. The maximum atomic E-state index is 11.7. The van der Waals surface area contributed by atoms with E-state index in [9.17, 15) is 4.79 Å². The minimum Gasteiger partial charge on any atom is -0.462 e. The van der Waals surface area contributed by atoms with Crippen molar-refractivity contribution in [3.8, 4) is 0 Å². The van der Waals surface area contributed by atoms with Crippen molar-refractivity contribution in [3.63, 3.8) is 0 Å². The number of aromatic nitrogens is 1. The Morgan fingerprint density at radius 1 is 1.62 bits per heavy atom. The predicted molar refractivity (Wildman–Crippen MR) is 69.7 cm³/mol. The summed E-state index contributed by atoms with van der Waals surface area (Å²) >= 11 is 3.07. The van der Waals surface area contributed by atoms with Crippen LogP contribution in [0, 0.1) is 6.92 Å². The van der Waals surface area contributed by atoms with Gasteiger partial charge in [-0.25, -0.2) is 4.79 Å². The molecule has 0 unspecified atom stereocenters. The number of hydrogen-bond donors (Lipinski definition) is 1. The molecule has 0 aromatic carbocycles. The highest BCUT2D eigenvalue weighted by Gasteiger charge is 2.18. The Hall–Kier alpha value is -0.750. The Bertz CT molecular complexity index is 353. The molecule has 1 N–H and O–H groups in total. The van der Waals surface area contributed by atoms with Crippen molar-refractivity contribution in [1.29, 1.82) is 0 Å². The normalized spacial score (nSPS) is 10.2. The first-order valence-electron chi connectivity index (χ1n) is 5.06. The monoisotopic (exact) mass is 260 g/mol. The van der Waals surface area contributed by atoms with E-state index >= 15 is 0 Å². The molecule has 16 heavy (non-hydrogen) atoms. The van der Waals surface area contributed by atoms with Gasteiger partial charge in [-0.1, -0.05) is 0 Å². The molecule has 0 amide bonds. The molecule has 0 aliphatic heterocycles. The SMILES string of the molecule is CCOC(=O)c1c(C)nsc1NCCSC. The molecule has 0 radical (unpaired) electrons. The lowest BCUT2D eigenvalue weighted by atomic mass is 10.2. The maximum absolute atomic E-state index is 11.7. The van der Waals surface area contributed by atoms with Gasteiger partial charge in [-0.05, 0) is 31.6 Å². The van der Waals surface area contributed by atoms with E-state index in [0.717, 1.165) is 23.0 Å². The second-order valence-electron chi connectivity index (χ2n) is 3.11. The summed E-state index contributed by atoms with van der Waals surface area (Å²) in [5.41, 5.74) is 1.31. The molecule has 4 nitrogen and oxygen atoms in total. The number of carbonyl (C=O) groups is 1. The summed E-state index contributed by atoms with van der Waals surface area (Å²) < 4.78 is 9.17.